The summed E-state index contributed by atoms with van der Waals surface area (Å²) >= 11 is 5.35. The minimum absolute atomic E-state index is 0.607. The molecule has 3 aromatic rings. The van der Waals surface area contributed by atoms with Gasteiger partial charge in [-0.25, -0.2) is 0 Å². The molecule has 5 heteroatoms. The molecule has 0 atom stereocenters. The van der Waals surface area contributed by atoms with E-state index >= 15 is 0 Å². The predicted molar refractivity (Wildman–Crippen MR) is 124 cm³/mol. The van der Waals surface area contributed by atoms with Crippen LogP contribution in [0.1, 0.15) is 0 Å². The Morgan fingerprint density at radius 2 is 0.840 bits per heavy atom. The van der Waals surface area contributed by atoms with Crippen LogP contribution < -0.4 is 15.9 Å². The van der Waals surface area contributed by atoms with Crippen LogP contribution in [0.5, 0.6) is 0 Å². The van der Waals surface area contributed by atoms with Crippen LogP contribution in [-0.4, -0.2) is 0 Å². The van der Waals surface area contributed by atoms with Gasteiger partial charge in [-0.05, 0) is 43.7 Å². The molecule has 0 saturated heterocycles. The zero-order chi connectivity index (χ0) is 18.5. The van der Waals surface area contributed by atoms with E-state index in [4.69, 9.17) is 18.5 Å². The summed E-state index contributed by atoms with van der Waals surface area (Å²) in [6.45, 7) is 9.44. The molecule has 0 amide bonds. The molecule has 0 aliphatic rings. The molecule has 0 aromatic heterocycles. The van der Waals surface area contributed by atoms with Crippen LogP contribution in [0.3, 0.4) is 0 Å². The Labute approximate surface area is 181 Å². The van der Waals surface area contributed by atoms with Gasteiger partial charge in [-0.1, -0.05) is 54.6 Å². The zero-order valence-electron chi connectivity index (χ0n) is 13.3. The molecular weight excluding hydrogens is 736 g/mol. The first-order chi connectivity index (χ1) is 12.2. The maximum atomic E-state index is 6.25. The van der Waals surface area contributed by atoms with Crippen LogP contribution in [0.15, 0.2) is 91.0 Å². The topological polar surface area (TPSA) is 23.8 Å². The third kappa shape index (κ3) is 6.46. The van der Waals surface area contributed by atoms with E-state index < -0.39 is 7.26 Å². The number of benzene rings is 3. The predicted octanol–water partition coefficient (Wildman–Crippen LogP) is 5.64. The summed E-state index contributed by atoms with van der Waals surface area (Å²) in [5.41, 5.74) is 0. The first-order valence-corrected chi connectivity index (χ1v) is 21.4. The van der Waals surface area contributed by atoms with Crippen LogP contribution in [-0.2, 0) is 12.1 Å². The van der Waals surface area contributed by atoms with Crippen molar-refractivity contribution in [2.24, 2.45) is 0 Å². The quantitative estimate of drug-likeness (QED) is 0.147. The molecule has 0 bridgehead atoms. The van der Waals surface area contributed by atoms with Gasteiger partial charge in [-0.3, -0.25) is 0 Å². The normalized spacial score (nSPS) is 9.96. The third-order valence-corrected chi connectivity index (χ3v) is 7.13. The Morgan fingerprint density at radius 1 is 0.640 bits per heavy atom. The number of hydrogen-bond donors (Lipinski definition) is 0. The van der Waals surface area contributed by atoms with Crippen molar-refractivity contribution in [1.29, 1.82) is 5.26 Å². The molecular formula is C20H17AuI2NP-2. The second-order valence-electron chi connectivity index (χ2n) is 4.86. The fourth-order valence-corrected chi connectivity index (χ4v) is 5.43. The van der Waals surface area contributed by atoms with Gasteiger partial charge in [0.25, 0.3) is 0 Å². The van der Waals surface area contributed by atoms with Crippen molar-refractivity contribution in [2.45, 2.75) is 0 Å². The molecule has 0 heterocycles. The Bertz CT molecular complexity index is 640. The fourth-order valence-electron chi connectivity index (χ4n) is 2.49. The van der Waals surface area contributed by atoms with Crippen molar-refractivity contribution >= 4 is 61.2 Å². The average molecular weight is 753 g/mol. The van der Waals surface area contributed by atoms with Crippen LogP contribution in [0.25, 0.3) is 0 Å². The number of halogens is 2. The number of hydrogen-bond acceptors (Lipinski definition) is 1. The molecule has 1 nitrogen and oxygen atoms in total. The van der Waals surface area contributed by atoms with Crippen molar-refractivity contribution in [3.05, 3.63) is 104 Å². The van der Waals surface area contributed by atoms with Crippen LogP contribution in [0.2, 0.25) is 0 Å². The number of rotatable bonds is 3. The van der Waals surface area contributed by atoms with E-state index in [0.717, 1.165) is 0 Å². The molecule has 0 aliphatic carbocycles. The first kappa shape index (κ1) is 22.8. The van der Waals surface area contributed by atoms with Gasteiger partial charge in [-0.15, -0.1) is 0 Å². The molecule has 0 saturated carbocycles. The summed E-state index contributed by atoms with van der Waals surface area (Å²) in [7, 11) is -1.78. The molecule has 0 aliphatic heterocycles. The monoisotopic (exact) mass is 753 g/mol. The van der Waals surface area contributed by atoms with E-state index in [1.807, 2.05) is 0 Å². The van der Waals surface area contributed by atoms with Gasteiger partial charge >= 0.3 is 50.2 Å². The Hall–Kier alpha value is -0.220. The summed E-state index contributed by atoms with van der Waals surface area (Å²) in [5.74, 6) is 0. The Morgan fingerprint density at radius 3 is 1.04 bits per heavy atom. The molecule has 0 spiro atoms. The summed E-state index contributed by atoms with van der Waals surface area (Å²) in [5, 5.41) is 10.2. The van der Waals surface area contributed by atoms with Gasteiger partial charge in [-0.2, -0.15) is 6.66 Å². The van der Waals surface area contributed by atoms with Gasteiger partial charge in [0.1, 0.15) is 0 Å². The third-order valence-electron chi connectivity index (χ3n) is 3.59. The molecule has 0 fully saturated rings. The Kier molecular flexibility index (Phi) is 11.9. The molecule has 0 N–H and O–H groups in total. The van der Waals surface area contributed by atoms with E-state index in [2.05, 4.69) is 129 Å². The summed E-state index contributed by atoms with van der Waals surface area (Å²) in [6.07, 6.45) is 0. The van der Waals surface area contributed by atoms with Gasteiger partial charge < -0.3 is 11.8 Å². The molecule has 134 valence electrons. The second-order valence-corrected chi connectivity index (χ2v) is 23.9. The maximum absolute atomic E-state index is 6.25. The molecule has 3 aromatic carbocycles. The first-order valence-electron chi connectivity index (χ1n) is 7.17. The second kappa shape index (κ2) is 13.0. The van der Waals surface area contributed by atoms with Gasteiger partial charge in [0.2, 0.25) is 0 Å². The molecule has 0 unspecified atom stereocenters. The number of nitrogens with zero attached hydrogens (tertiary/aromatic N) is 1. The summed E-state index contributed by atoms with van der Waals surface area (Å²) in [4.78, 5) is 0. The van der Waals surface area contributed by atoms with E-state index in [9.17, 15) is 0 Å². The van der Waals surface area contributed by atoms with Gasteiger partial charge in [0.05, 0.1) is 15.9 Å². The van der Waals surface area contributed by atoms with Crippen LogP contribution in [0.4, 0.5) is 0 Å². The summed E-state index contributed by atoms with van der Waals surface area (Å²) in [6, 6.07) is 31.9. The van der Waals surface area contributed by atoms with Crippen LogP contribution >= 0.6 is 45.3 Å². The minimum atomic E-state index is -1.78. The SMILES string of the molecule is [C-]#N.[CH2-][P+](c1ccccc1)(c1ccccc1)c1ccccc1.[I][Au-][I]. The van der Waals surface area contributed by atoms with Gasteiger partial charge in [0.15, 0.2) is 0 Å². The van der Waals surface area contributed by atoms with Gasteiger partial charge in [0, 0.05) is 0 Å². The van der Waals surface area contributed by atoms with Crippen LogP contribution in [0, 0.1) is 18.5 Å². The van der Waals surface area contributed by atoms with Crippen molar-refractivity contribution in [3.63, 3.8) is 0 Å². The fraction of sp³-hybridized carbons (Fsp3) is 0. The average Bonchev–Trinajstić information content (AvgIpc) is 2.71. The van der Waals surface area contributed by atoms with E-state index in [1.165, 1.54) is 15.9 Å². The molecule has 3 rings (SSSR count). The van der Waals surface area contributed by atoms with Crippen molar-refractivity contribution < 1.29 is 12.1 Å². The van der Waals surface area contributed by atoms with E-state index in [-0.39, 0.29) is 0 Å². The van der Waals surface area contributed by atoms with Crippen molar-refractivity contribution in [1.82, 2.24) is 0 Å². The van der Waals surface area contributed by atoms with E-state index in [0.29, 0.717) is 12.1 Å². The van der Waals surface area contributed by atoms with Crippen molar-refractivity contribution in [3.8, 4) is 0 Å². The molecule has 25 heavy (non-hydrogen) atoms. The van der Waals surface area contributed by atoms with E-state index in [1.54, 1.807) is 0 Å². The summed E-state index contributed by atoms with van der Waals surface area (Å²) < 4.78 is 0. The standard InChI is InChI=1S/C19H17P.CN.Au.2HI/c1-20(17-11-5-2-6-12-17,18-13-7-3-8-14-18)19-15-9-4-10-16-19;1-2;;;/h2-16H,1H2;;;2*1H/q;-1;+1;;/p-2. The van der Waals surface area contributed by atoms with Crippen molar-refractivity contribution in [2.75, 3.05) is 0 Å². The molecule has 0 radical (unpaired) electrons. The zero-order valence-corrected chi connectivity index (χ0v) is 20.7. The Balaban J connectivity index is 0.000000567.